The third-order valence-electron chi connectivity index (χ3n) is 5.37. The third kappa shape index (κ3) is 3.43. The summed E-state index contributed by atoms with van der Waals surface area (Å²) in [4.78, 5) is 28.7. The van der Waals surface area contributed by atoms with Crippen molar-refractivity contribution in [3.8, 4) is 6.07 Å². The zero-order chi connectivity index (χ0) is 20.2. The Morgan fingerprint density at radius 3 is 2.21 bits per heavy atom. The maximum absolute atomic E-state index is 13.6. The number of hydrogen-bond donors (Lipinski definition) is 0. The molecule has 1 amide bonds. The van der Waals surface area contributed by atoms with Gasteiger partial charge in [-0.3, -0.25) is 9.59 Å². The van der Waals surface area contributed by atoms with E-state index in [1.807, 2.05) is 60.7 Å². The van der Waals surface area contributed by atoms with Crippen LogP contribution in [0.25, 0.3) is 0 Å². The number of ketones is 1. The van der Waals surface area contributed by atoms with Gasteiger partial charge in [-0.1, -0.05) is 78.9 Å². The molecule has 1 heterocycles. The molecule has 4 nitrogen and oxygen atoms in total. The van der Waals surface area contributed by atoms with Crippen LogP contribution in [-0.4, -0.2) is 18.2 Å². The summed E-state index contributed by atoms with van der Waals surface area (Å²) in [6.45, 7) is 0.270. The summed E-state index contributed by atoms with van der Waals surface area (Å²) in [6.07, 6.45) is 0.211. The normalized spacial score (nSPS) is 18.0. The minimum atomic E-state index is -0.867. The van der Waals surface area contributed by atoms with E-state index in [1.165, 1.54) is 0 Å². The highest BCUT2D eigenvalue weighted by molar-refractivity contribution is 6.17. The molecule has 0 fully saturated rings. The highest BCUT2D eigenvalue weighted by Crippen LogP contribution is 2.44. The van der Waals surface area contributed by atoms with Crippen molar-refractivity contribution in [2.45, 2.75) is 12.3 Å². The first kappa shape index (κ1) is 18.6. The molecule has 0 N–H and O–H groups in total. The molecule has 0 aromatic heterocycles. The largest absolute Gasteiger partial charge is 0.310 e. The molecule has 0 saturated heterocycles. The number of hydrogen-bond acceptors (Lipinski definition) is 3. The van der Waals surface area contributed by atoms with E-state index in [0.29, 0.717) is 5.56 Å². The summed E-state index contributed by atoms with van der Waals surface area (Å²) < 4.78 is 0. The minimum Gasteiger partial charge on any atom is -0.310 e. The zero-order valence-corrected chi connectivity index (χ0v) is 15.9. The van der Waals surface area contributed by atoms with Crippen LogP contribution >= 0.6 is 0 Å². The van der Waals surface area contributed by atoms with Gasteiger partial charge in [-0.15, -0.1) is 0 Å². The second-order valence-corrected chi connectivity index (χ2v) is 7.05. The average molecular weight is 380 g/mol. The predicted molar refractivity (Wildman–Crippen MR) is 112 cm³/mol. The number of fused-ring (bicyclic) bond motifs is 1. The number of carbonyl (C=O) groups excluding carboxylic acids is 2. The van der Waals surface area contributed by atoms with Crippen LogP contribution in [0.3, 0.4) is 0 Å². The predicted octanol–water partition coefficient (Wildman–Crippen LogP) is 4.58. The Hall–Kier alpha value is -3.71. The van der Waals surface area contributed by atoms with E-state index < -0.39 is 5.92 Å². The fourth-order valence-corrected chi connectivity index (χ4v) is 4.08. The Balaban J connectivity index is 1.90. The van der Waals surface area contributed by atoms with Gasteiger partial charge in [0, 0.05) is 23.7 Å². The summed E-state index contributed by atoms with van der Waals surface area (Å²) in [5, 5.41) is 9.06. The van der Waals surface area contributed by atoms with Crippen molar-refractivity contribution in [3.05, 3.63) is 102 Å². The van der Waals surface area contributed by atoms with Gasteiger partial charge >= 0.3 is 0 Å². The van der Waals surface area contributed by atoms with Crippen molar-refractivity contribution in [1.29, 1.82) is 5.26 Å². The molecular formula is C25H20N2O2. The smallest absolute Gasteiger partial charge is 0.238 e. The molecule has 0 aliphatic carbocycles. The van der Waals surface area contributed by atoms with Crippen molar-refractivity contribution >= 4 is 17.4 Å². The molecule has 3 aromatic carbocycles. The number of benzene rings is 3. The summed E-state index contributed by atoms with van der Waals surface area (Å²) in [6, 6.07) is 28.4. The van der Waals surface area contributed by atoms with E-state index in [1.54, 1.807) is 29.2 Å². The van der Waals surface area contributed by atoms with Crippen LogP contribution < -0.4 is 4.90 Å². The lowest BCUT2D eigenvalue weighted by Gasteiger charge is -2.39. The van der Waals surface area contributed by atoms with Crippen LogP contribution in [-0.2, 0) is 4.79 Å². The Labute approximate surface area is 170 Å². The van der Waals surface area contributed by atoms with Gasteiger partial charge in [0.15, 0.2) is 5.78 Å². The van der Waals surface area contributed by atoms with Crippen molar-refractivity contribution in [3.63, 3.8) is 0 Å². The highest BCUT2D eigenvalue weighted by atomic mass is 16.2. The molecule has 2 atom stereocenters. The van der Waals surface area contributed by atoms with E-state index in [4.69, 9.17) is 5.26 Å². The second-order valence-electron chi connectivity index (χ2n) is 7.05. The standard InChI is InChI=1S/C25H20N2O2/c26-16-9-17-27-21-15-8-7-14-20(21)22(18-10-3-1-4-11-18)23(25(27)29)24(28)19-12-5-2-6-13-19/h1-8,10-15,22-23H,9,17H2. The van der Waals surface area contributed by atoms with Gasteiger partial charge in [0.05, 0.1) is 12.5 Å². The number of carbonyl (C=O) groups is 2. The highest BCUT2D eigenvalue weighted by Gasteiger charge is 2.45. The molecule has 142 valence electrons. The van der Waals surface area contributed by atoms with Crippen LogP contribution in [0.5, 0.6) is 0 Å². The number of nitriles is 1. The molecule has 3 aromatic rings. The fraction of sp³-hybridized carbons (Fsp3) is 0.160. The number of Topliss-reactive ketones (excluding diaryl/α,β-unsaturated/α-hetero) is 1. The monoisotopic (exact) mass is 380 g/mol. The summed E-state index contributed by atoms with van der Waals surface area (Å²) in [7, 11) is 0. The Kier molecular flexibility index (Phi) is 5.22. The van der Waals surface area contributed by atoms with Gasteiger partial charge < -0.3 is 4.90 Å². The first-order valence-corrected chi connectivity index (χ1v) is 9.64. The summed E-state index contributed by atoms with van der Waals surface area (Å²) in [5.41, 5.74) is 3.16. The molecule has 1 aliphatic heterocycles. The van der Waals surface area contributed by atoms with Gasteiger partial charge in [0.1, 0.15) is 5.92 Å². The number of amides is 1. The maximum atomic E-state index is 13.6. The van der Waals surface area contributed by atoms with E-state index in [-0.39, 0.29) is 30.6 Å². The van der Waals surface area contributed by atoms with Crippen molar-refractivity contribution in [2.75, 3.05) is 11.4 Å². The van der Waals surface area contributed by atoms with Crippen molar-refractivity contribution in [2.24, 2.45) is 5.92 Å². The maximum Gasteiger partial charge on any atom is 0.238 e. The number of rotatable bonds is 5. The van der Waals surface area contributed by atoms with Gasteiger partial charge in [-0.2, -0.15) is 5.26 Å². The van der Waals surface area contributed by atoms with Crippen molar-refractivity contribution in [1.82, 2.24) is 0 Å². The molecule has 0 spiro atoms. The first-order valence-electron chi connectivity index (χ1n) is 9.64. The molecule has 1 aliphatic rings. The second kappa shape index (κ2) is 8.12. The zero-order valence-electron chi connectivity index (χ0n) is 15.9. The van der Waals surface area contributed by atoms with E-state index in [0.717, 1.165) is 16.8 Å². The summed E-state index contributed by atoms with van der Waals surface area (Å²) in [5.74, 6) is -1.68. The molecule has 0 bridgehead atoms. The molecule has 29 heavy (non-hydrogen) atoms. The van der Waals surface area contributed by atoms with Gasteiger partial charge in [-0.05, 0) is 17.2 Å². The molecule has 0 radical (unpaired) electrons. The molecule has 0 saturated carbocycles. The van der Waals surface area contributed by atoms with Crippen LogP contribution in [0.4, 0.5) is 5.69 Å². The average Bonchev–Trinajstić information content (AvgIpc) is 2.78. The van der Waals surface area contributed by atoms with E-state index >= 15 is 0 Å². The lowest BCUT2D eigenvalue weighted by molar-refractivity contribution is -0.121. The molecule has 2 unspecified atom stereocenters. The first-order chi connectivity index (χ1) is 14.2. The summed E-state index contributed by atoms with van der Waals surface area (Å²) >= 11 is 0. The van der Waals surface area contributed by atoms with Crippen LogP contribution in [0.2, 0.25) is 0 Å². The Bertz CT molecular complexity index is 1070. The molecule has 4 rings (SSSR count). The van der Waals surface area contributed by atoms with Gasteiger partial charge in [-0.25, -0.2) is 0 Å². The Morgan fingerprint density at radius 1 is 0.897 bits per heavy atom. The van der Waals surface area contributed by atoms with Crippen molar-refractivity contribution < 1.29 is 9.59 Å². The molecule has 4 heteroatoms. The fourth-order valence-electron chi connectivity index (χ4n) is 4.08. The lowest BCUT2D eigenvalue weighted by atomic mass is 9.73. The van der Waals surface area contributed by atoms with E-state index in [2.05, 4.69) is 6.07 Å². The number of para-hydroxylation sites is 1. The number of anilines is 1. The topological polar surface area (TPSA) is 61.2 Å². The van der Waals surface area contributed by atoms with Crippen LogP contribution in [0.15, 0.2) is 84.9 Å². The third-order valence-corrected chi connectivity index (χ3v) is 5.37. The molecular weight excluding hydrogens is 360 g/mol. The van der Waals surface area contributed by atoms with Crippen LogP contribution in [0, 0.1) is 17.2 Å². The lowest BCUT2D eigenvalue weighted by Crippen LogP contribution is -2.47. The Morgan fingerprint density at radius 2 is 1.52 bits per heavy atom. The van der Waals surface area contributed by atoms with E-state index in [9.17, 15) is 9.59 Å². The number of nitrogens with zero attached hydrogens (tertiary/aromatic N) is 2. The minimum absolute atomic E-state index is 0.194. The SMILES string of the molecule is N#CCCN1C(=O)C(C(=O)c2ccccc2)C(c2ccccc2)c2ccccc21. The van der Waals surface area contributed by atoms with Gasteiger partial charge in [0.2, 0.25) is 5.91 Å². The quantitative estimate of drug-likeness (QED) is 0.481. The van der Waals surface area contributed by atoms with Gasteiger partial charge in [0.25, 0.3) is 0 Å². The van der Waals surface area contributed by atoms with Crippen LogP contribution in [0.1, 0.15) is 33.8 Å².